The fourth-order valence-electron chi connectivity index (χ4n) is 0.723. The molecule has 0 heterocycles. The average Bonchev–Trinajstić information content (AvgIpc) is 1.79. The highest BCUT2D eigenvalue weighted by Crippen LogP contribution is 2.04. The van der Waals surface area contributed by atoms with Crippen LogP contribution in [0.1, 0.15) is 27.7 Å². The van der Waals surface area contributed by atoms with Crippen LogP contribution in [0, 0.1) is 0 Å². The number of nitrogens with one attached hydrogen (secondary N) is 1. The van der Waals surface area contributed by atoms with E-state index in [1.54, 1.807) is 0 Å². The van der Waals surface area contributed by atoms with Gasteiger partial charge in [-0.1, -0.05) is 6.92 Å². The quantitative estimate of drug-likeness (QED) is 0.469. The van der Waals surface area contributed by atoms with Crippen molar-refractivity contribution in [2.75, 3.05) is 13.1 Å². The number of rotatable bonds is 3. The van der Waals surface area contributed by atoms with Gasteiger partial charge in [0, 0.05) is 0 Å². The van der Waals surface area contributed by atoms with E-state index in [-0.39, 0.29) is 5.54 Å². The molecule has 0 radical (unpaired) electrons. The minimum Gasteiger partial charge on any atom is -0.386 e. The van der Waals surface area contributed by atoms with Crippen molar-refractivity contribution < 1.29 is 0 Å². The van der Waals surface area contributed by atoms with E-state index in [1.807, 2.05) is 27.7 Å². The van der Waals surface area contributed by atoms with Gasteiger partial charge in [-0.15, -0.1) is 0 Å². The predicted octanol–water partition coefficient (Wildman–Crippen LogP) is 0.752. The summed E-state index contributed by atoms with van der Waals surface area (Å²) in [5.74, 6) is 0.680. The fraction of sp³-hybridized carbons (Fsp3) is 0.875. The van der Waals surface area contributed by atoms with E-state index in [0.717, 1.165) is 6.54 Å². The lowest BCUT2D eigenvalue weighted by Gasteiger charge is -2.13. The maximum absolute atomic E-state index is 5.63. The van der Waals surface area contributed by atoms with E-state index in [1.165, 1.54) is 0 Å². The molecule has 0 atom stereocenters. The number of nitrogens with two attached hydrogens (primary N) is 1. The Morgan fingerprint density at radius 2 is 2.00 bits per heavy atom. The van der Waals surface area contributed by atoms with Gasteiger partial charge in [-0.05, 0) is 27.3 Å². The topological polar surface area (TPSA) is 50.4 Å². The second-order valence-corrected chi connectivity index (χ2v) is 3.55. The first-order valence-corrected chi connectivity index (χ1v) is 4.00. The summed E-state index contributed by atoms with van der Waals surface area (Å²) in [6.45, 7) is 9.77. The number of nitrogens with zero attached hydrogens (tertiary/aromatic N) is 1. The first-order valence-electron chi connectivity index (χ1n) is 4.00. The van der Waals surface area contributed by atoms with E-state index in [4.69, 9.17) is 5.73 Å². The van der Waals surface area contributed by atoms with E-state index >= 15 is 0 Å². The van der Waals surface area contributed by atoms with Gasteiger partial charge in [-0.2, -0.15) is 0 Å². The van der Waals surface area contributed by atoms with Crippen LogP contribution >= 0.6 is 0 Å². The van der Waals surface area contributed by atoms with Crippen LogP contribution in [-0.4, -0.2) is 24.5 Å². The standard InChI is InChI=1S/C8H19N3/c1-5-10-6-7(9)11-8(2,3)4/h10H,5-6H2,1-4H3,(H2,9,11). The van der Waals surface area contributed by atoms with Crippen LogP contribution in [0.2, 0.25) is 0 Å². The van der Waals surface area contributed by atoms with Crippen molar-refractivity contribution in [3.63, 3.8) is 0 Å². The summed E-state index contributed by atoms with van der Waals surface area (Å²) in [5, 5.41) is 3.11. The number of likely N-dealkylation sites (N-methyl/N-ethyl adjacent to an activating group) is 1. The third kappa shape index (κ3) is 7.33. The molecule has 0 amide bonds. The molecule has 0 aliphatic heterocycles. The van der Waals surface area contributed by atoms with Gasteiger partial charge < -0.3 is 11.1 Å². The van der Waals surface area contributed by atoms with Crippen LogP contribution in [-0.2, 0) is 0 Å². The summed E-state index contributed by atoms with van der Waals surface area (Å²) in [6, 6.07) is 0. The van der Waals surface area contributed by atoms with Gasteiger partial charge in [0.05, 0.1) is 12.1 Å². The van der Waals surface area contributed by atoms with E-state index in [2.05, 4.69) is 10.3 Å². The summed E-state index contributed by atoms with van der Waals surface area (Å²) >= 11 is 0. The largest absolute Gasteiger partial charge is 0.386 e. The zero-order chi connectivity index (χ0) is 8.91. The molecular formula is C8H19N3. The van der Waals surface area contributed by atoms with E-state index < -0.39 is 0 Å². The van der Waals surface area contributed by atoms with Gasteiger partial charge >= 0.3 is 0 Å². The Hall–Kier alpha value is -0.570. The summed E-state index contributed by atoms with van der Waals surface area (Å²) < 4.78 is 0. The molecule has 0 rings (SSSR count). The molecule has 3 nitrogen and oxygen atoms in total. The molecule has 0 saturated carbocycles. The van der Waals surface area contributed by atoms with Crippen LogP contribution in [0.4, 0.5) is 0 Å². The zero-order valence-electron chi connectivity index (χ0n) is 7.94. The molecule has 0 spiro atoms. The van der Waals surface area contributed by atoms with Gasteiger partial charge in [0.25, 0.3) is 0 Å². The minimum absolute atomic E-state index is 0.0560. The average molecular weight is 157 g/mol. The highest BCUT2D eigenvalue weighted by Gasteiger charge is 2.06. The molecule has 0 aliphatic carbocycles. The molecule has 0 fully saturated rings. The number of hydrogen-bond donors (Lipinski definition) is 2. The highest BCUT2D eigenvalue weighted by molar-refractivity contribution is 5.82. The molecule has 66 valence electrons. The summed E-state index contributed by atoms with van der Waals surface area (Å²) in [6.07, 6.45) is 0. The summed E-state index contributed by atoms with van der Waals surface area (Å²) in [7, 11) is 0. The Bertz CT molecular complexity index is 133. The Morgan fingerprint density at radius 1 is 1.45 bits per heavy atom. The van der Waals surface area contributed by atoms with Gasteiger partial charge in [0.1, 0.15) is 5.84 Å². The van der Waals surface area contributed by atoms with Gasteiger partial charge in [0.15, 0.2) is 0 Å². The lowest BCUT2D eigenvalue weighted by Crippen LogP contribution is -2.31. The number of hydrogen-bond acceptors (Lipinski definition) is 2. The maximum atomic E-state index is 5.63. The van der Waals surface area contributed by atoms with Crippen molar-refractivity contribution in [3.05, 3.63) is 0 Å². The van der Waals surface area contributed by atoms with Crippen molar-refractivity contribution in [3.8, 4) is 0 Å². The Kier molecular flexibility index (Phi) is 4.11. The molecule has 0 saturated heterocycles. The summed E-state index contributed by atoms with van der Waals surface area (Å²) in [4.78, 5) is 4.28. The van der Waals surface area contributed by atoms with Gasteiger partial charge in [-0.25, -0.2) is 0 Å². The van der Waals surface area contributed by atoms with E-state index in [0.29, 0.717) is 12.4 Å². The molecule has 0 aromatic heterocycles. The lowest BCUT2D eigenvalue weighted by atomic mass is 10.1. The zero-order valence-corrected chi connectivity index (χ0v) is 7.94. The van der Waals surface area contributed by atoms with Crippen LogP contribution < -0.4 is 11.1 Å². The lowest BCUT2D eigenvalue weighted by molar-refractivity contribution is 0.580. The van der Waals surface area contributed by atoms with Crippen molar-refractivity contribution in [1.82, 2.24) is 5.32 Å². The molecule has 0 aromatic carbocycles. The van der Waals surface area contributed by atoms with E-state index in [9.17, 15) is 0 Å². The molecule has 3 heteroatoms. The van der Waals surface area contributed by atoms with Gasteiger partial charge in [-0.3, -0.25) is 4.99 Å². The predicted molar refractivity (Wildman–Crippen MR) is 49.9 cm³/mol. The first kappa shape index (κ1) is 10.4. The smallest absolute Gasteiger partial charge is 0.108 e. The van der Waals surface area contributed by atoms with Crippen molar-refractivity contribution in [2.45, 2.75) is 33.2 Å². The molecule has 0 unspecified atom stereocenters. The maximum Gasteiger partial charge on any atom is 0.108 e. The number of amidine groups is 1. The first-order chi connectivity index (χ1) is 4.95. The van der Waals surface area contributed by atoms with Crippen molar-refractivity contribution in [1.29, 1.82) is 0 Å². The summed E-state index contributed by atoms with van der Waals surface area (Å²) in [5.41, 5.74) is 5.58. The van der Waals surface area contributed by atoms with Crippen LogP contribution in [0.3, 0.4) is 0 Å². The Labute approximate surface area is 69.1 Å². The molecule has 11 heavy (non-hydrogen) atoms. The second-order valence-electron chi connectivity index (χ2n) is 3.55. The molecule has 3 N–H and O–H groups in total. The molecular weight excluding hydrogens is 138 g/mol. The number of aliphatic imine (C=N–C) groups is 1. The highest BCUT2D eigenvalue weighted by atomic mass is 15.0. The Morgan fingerprint density at radius 3 is 2.36 bits per heavy atom. The van der Waals surface area contributed by atoms with Crippen LogP contribution in [0.15, 0.2) is 4.99 Å². The third-order valence-electron chi connectivity index (χ3n) is 1.04. The third-order valence-corrected chi connectivity index (χ3v) is 1.04. The van der Waals surface area contributed by atoms with Crippen molar-refractivity contribution in [2.24, 2.45) is 10.7 Å². The SMILES string of the molecule is CCNC/C(N)=N/C(C)(C)C. The normalized spacial score (nSPS) is 13.6. The van der Waals surface area contributed by atoms with Crippen LogP contribution in [0.25, 0.3) is 0 Å². The molecule has 0 aliphatic rings. The molecule has 0 bridgehead atoms. The minimum atomic E-state index is -0.0560. The second kappa shape index (κ2) is 4.34. The van der Waals surface area contributed by atoms with Crippen LogP contribution in [0.5, 0.6) is 0 Å². The fourth-order valence-corrected chi connectivity index (χ4v) is 0.723. The van der Waals surface area contributed by atoms with Crippen molar-refractivity contribution >= 4 is 5.84 Å². The Balaban J connectivity index is 3.81. The van der Waals surface area contributed by atoms with Gasteiger partial charge in [0.2, 0.25) is 0 Å². The molecule has 0 aromatic rings. The monoisotopic (exact) mass is 157 g/mol.